The van der Waals surface area contributed by atoms with E-state index in [1.807, 2.05) is 6.20 Å². The van der Waals surface area contributed by atoms with E-state index < -0.39 is 6.10 Å². The molecule has 2 aromatic carbocycles. The molecule has 2 N–H and O–H groups in total. The molecule has 3 nitrogen and oxygen atoms in total. The van der Waals surface area contributed by atoms with Gasteiger partial charge in [0.05, 0.1) is 6.10 Å². The molecule has 4 heteroatoms. The first kappa shape index (κ1) is 16.3. The predicted molar refractivity (Wildman–Crippen MR) is 98.1 cm³/mol. The molecule has 0 radical (unpaired) electrons. The summed E-state index contributed by atoms with van der Waals surface area (Å²) in [6.45, 7) is 2.47. The lowest BCUT2D eigenvalue weighted by Gasteiger charge is -2.33. The summed E-state index contributed by atoms with van der Waals surface area (Å²) in [6, 6.07) is 14.9. The van der Waals surface area contributed by atoms with Crippen LogP contribution in [0.15, 0.2) is 54.7 Å². The molecule has 3 aromatic rings. The van der Waals surface area contributed by atoms with Crippen molar-refractivity contribution in [2.45, 2.75) is 24.9 Å². The van der Waals surface area contributed by atoms with Crippen LogP contribution in [0, 0.1) is 5.82 Å². The number of halogens is 1. The number of nitrogens with zero attached hydrogens (tertiary/aromatic N) is 1. The van der Waals surface area contributed by atoms with Gasteiger partial charge in [-0.25, -0.2) is 4.39 Å². The Morgan fingerprint density at radius 2 is 1.92 bits per heavy atom. The number of piperidine rings is 1. The minimum atomic E-state index is -0.639. The van der Waals surface area contributed by atoms with Crippen LogP contribution in [0.5, 0.6) is 0 Å². The summed E-state index contributed by atoms with van der Waals surface area (Å²) in [5.74, 6) is 0.261. The molecule has 1 aliphatic rings. The molecular formula is C21H23FN2O. The van der Waals surface area contributed by atoms with Crippen LogP contribution in [0.4, 0.5) is 4.39 Å². The molecule has 0 saturated carbocycles. The van der Waals surface area contributed by atoms with Gasteiger partial charge in [-0.2, -0.15) is 0 Å². The molecule has 25 heavy (non-hydrogen) atoms. The van der Waals surface area contributed by atoms with Crippen LogP contribution in [0.25, 0.3) is 10.9 Å². The first-order valence-corrected chi connectivity index (χ1v) is 8.92. The van der Waals surface area contributed by atoms with Crippen molar-refractivity contribution in [3.05, 3.63) is 71.7 Å². The number of β-amino-alcohol motifs (C(OH)–C–C–N with tert-alkyl or cyclic N) is 1. The molecule has 4 rings (SSSR count). The van der Waals surface area contributed by atoms with Crippen LogP contribution < -0.4 is 0 Å². The van der Waals surface area contributed by atoms with Gasteiger partial charge in [-0.1, -0.05) is 24.3 Å². The summed E-state index contributed by atoms with van der Waals surface area (Å²) >= 11 is 0. The Labute approximate surface area is 147 Å². The molecule has 1 fully saturated rings. The zero-order valence-electron chi connectivity index (χ0n) is 14.2. The summed E-state index contributed by atoms with van der Waals surface area (Å²) in [5.41, 5.74) is 3.27. The van der Waals surface area contributed by atoms with Gasteiger partial charge in [0.25, 0.3) is 0 Å². The predicted octanol–water partition coefficient (Wildman–Crippen LogP) is 4.22. The fourth-order valence-electron chi connectivity index (χ4n) is 3.96. The first-order chi connectivity index (χ1) is 12.2. The maximum atomic E-state index is 13.3. The van der Waals surface area contributed by atoms with Gasteiger partial charge in [-0.05, 0) is 67.2 Å². The molecule has 0 amide bonds. The van der Waals surface area contributed by atoms with E-state index in [-0.39, 0.29) is 5.82 Å². The molecule has 1 aliphatic heterocycles. The van der Waals surface area contributed by atoms with Crippen molar-refractivity contribution in [2.75, 3.05) is 19.6 Å². The second kappa shape index (κ2) is 6.98. The Balaban J connectivity index is 1.39. The molecule has 1 atom stereocenters. The van der Waals surface area contributed by atoms with Crippen LogP contribution in [-0.4, -0.2) is 34.6 Å². The van der Waals surface area contributed by atoms with Crippen LogP contribution in [0.2, 0.25) is 0 Å². The quantitative estimate of drug-likeness (QED) is 0.748. The van der Waals surface area contributed by atoms with Crippen molar-refractivity contribution in [2.24, 2.45) is 0 Å². The number of aromatic amines is 1. The number of nitrogens with one attached hydrogen (secondary N) is 1. The fourth-order valence-corrected chi connectivity index (χ4v) is 3.96. The smallest absolute Gasteiger partial charge is 0.123 e. The first-order valence-electron chi connectivity index (χ1n) is 8.92. The summed E-state index contributed by atoms with van der Waals surface area (Å²) in [6.07, 6.45) is 3.53. The lowest BCUT2D eigenvalue weighted by molar-refractivity contribution is 0.0971. The number of aliphatic hydroxyl groups excluding tert-OH is 1. The van der Waals surface area contributed by atoms with Crippen LogP contribution >= 0.6 is 0 Å². The van der Waals surface area contributed by atoms with Crippen molar-refractivity contribution in [1.29, 1.82) is 0 Å². The van der Waals surface area contributed by atoms with Gasteiger partial charge in [0.1, 0.15) is 5.82 Å². The average Bonchev–Trinajstić information content (AvgIpc) is 3.11. The third kappa shape index (κ3) is 3.46. The minimum Gasteiger partial charge on any atom is -0.387 e. The second-order valence-electron chi connectivity index (χ2n) is 6.93. The van der Waals surface area contributed by atoms with Gasteiger partial charge in [0, 0.05) is 23.6 Å². The standard InChI is InChI=1S/C21H23FN2O/c22-17-4-1-3-16(13-17)21(25)14-24-11-8-15(9-12-24)18-5-2-6-20-19(18)7-10-23-20/h1-7,10,13,15,21,23,25H,8-9,11-12,14H2. The number of likely N-dealkylation sites (tertiary alicyclic amines) is 1. The second-order valence-corrected chi connectivity index (χ2v) is 6.93. The van der Waals surface area contributed by atoms with E-state index >= 15 is 0 Å². The zero-order valence-corrected chi connectivity index (χ0v) is 14.2. The molecular weight excluding hydrogens is 315 g/mol. The number of H-pyrrole nitrogens is 1. The normalized spacial score (nSPS) is 17.8. The minimum absolute atomic E-state index is 0.296. The Kier molecular flexibility index (Phi) is 4.55. The van der Waals surface area contributed by atoms with Crippen LogP contribution in [-0.2, 0) is 0 Å². The molecule has 1 saturated heterocycles. The van der Waals surface area contributed by atoms with Gasteiger partial charge in [0.2, 0.25) is 0 Å². The van der Waals surface area contributed by atoms with E-state index in [0.29, 0.717) is 18.0 Å². The molecule has 0 aliphatic carbocycles. The van der Waals surface area contributed by atoms with Crippen molar-refractivity contribution >= 4 is 10.9 Å². The molecule has 1 unspecified atom stereocenters. The monoisotopic (exact) mass is 338 g/mol. The van der Waals surface area contributed by atoms with Crippen molar-refractivity contribution < 1.29 is 9.50 Å². The largest absolute Gasteiger partial charge is 0.387 e. The number of rotatable bonds is 4. The average molecular weight is 338 g/mol. The molecule has 0 bridgehead atoms. The summed E-state index contributed by atoms with van der Waals surface area (Å²) in [7, 11) is 0. The van der Waals surface area contributed by atoms with E-state index in [0.717, 1.165) is 25.9 Å². The maximum absolute atomic E-state index is 13.3. The Hall–Kier alpha value is -2.17. The van der Waals surface area contributed by atoms with Crippen molar-refractivity contribution in [3.8, 4) is 0 Å². The van der Waals surface area contributed by atoms with E-state index in [9.17, 15) is 9.50 Å². The fraction of sp³-hybridized carbons (Fsp3) is 0.333. The van der Waals surface area contributed by atoms with Crippen molar-refractivity contribution in [3.63, 3.8) is 0 Å². The highest BCUT2D eigenvalue weighted by Gasteiger charge is 2.24. The Morgan fingerprint density at radius 1 is 1.12 bits per heavy atom. The topological polar surface area (TPSA) is 39.3 Å². The van der Waals surface area contributed by atoms with E-state index in [1.165, 1.54) is 28.6 Å². The van der Waals surface area contributed by atoms with E-state index in [4.69, 9.17) is 0 Å². The highest BCUT2D eigenvalue weighted by atomic mass is 19.1. The van der Waals surface area contributed by atoms with Gasteiger partial charge in [-0.15, -0.1) is 0 Å². The number of aromatic nitrogens is 1. The third-order valence-electron chi connectivity index (χ3n) is 5.32. The Bertz CT molecular complexity index is 852. The lowest BCUT2D eigenvalue weighted by atomic mass is 9.87. The number of hydrogen-bond donors (Lipinski definition) is 2. The molecule has 0 spiro atoms. The van der Waals surface area contributed by atoms with Crippen molar-refractivity contribution in [1.82, 2.24) is 9.88 Å². The van der Waals surface area contributed by atoms with Gasteiger partial charge >= 0.3 is 0 Å². The van der Waals surface area contributed by atoms with Crippen LogP contribution in [0.1, 0.15) is 36.0 Å². The number of hydrogen-bond acceptors (Lipinski definition) is 2. The van der Waals surface area contributed by atoms with E-state index in [1.54, 1.807) is 12.1 Å². The Morgan fingerprint density at radius 3 is 2.72 bits per heavy atom. The molecule has 1 aromatic heterocycles. The zero-order chi connectivity index (χ0) is 17.2. The van der Waals surface area contributed by atoms with Gasteiger partial charge in [-0.3, -0.25) is 0 Å². The van der Waals surface area contributed by atoms with E-state index in [2.05, 4.69) is 34.1 Å². The highest BCUT2D eigenvalue weighted by Crippen LogP contribution is 2.33. The lowest BCUT2D eigenvalue weighted by Crippen LogP contribution is -2.36. The maximum Gasteiger partial charge on any atom is 0.123 e. The molecule has 2 heterocycles. The van der Waals surface area contributed by atoms with Crippen LogP contribution in [0.3, 0.4) is 0 Å². The third-order valence-corrected chi connectivity index (χ3v) is 5.32. The summed E-state index contributed by atoms with van der Waals surface area (Å²) in [5, 5.41) is 11.7. The highest BCUT2D eigenvalue weighted by molar-refractivity contribution is 5.83. The summed E-state index contributed by atoms with van der Waals surface area (Å²) < 4.78 is 13.3. The molecule has 130 valence electrons. The number of fused-ring (bicyclic) bond motifs is 1. The van der Waals surface area contributed by atoms with Gasteiger partial charge < -0.3 is 15.0 Å². The SMILES string of the molecule is OC(CN1CCC(c2cccc3[nH]ccc23)CC1)c1cccc(F)c1. The summed E-state index contributed by atoms with van der Waals surface area (Å²) in [4.78, 5) is 5.56. The number of aliphatic hydroxyl groups is 1. The number of benzene rings is 2. The van der Waals surface area contributed by atoms with Gasteiger partial charge in [0.15, 0.2) is 0 Å².